The molecule has 4 bridgehead atoms. The van der Waals surface area contributed by atoms with Crippen LogP contribution in [0.3, 0.4) is 0 Å². The van der Waals surface area contributed by atoms with Crippen molar-refractivity contribution >= 4 is 10.8 Å². The molecule has 2 aromatic carbocycles. The minimum atomic E-state index is -0.105. The first-order chi connectivity index (χ1) is 15.8. The second kappa shape index (κ2) is 5.45. The molecule has 0 amide bonds. The van der Waals surface area contributed by atoms with Crippen molar-refractivity contribution in [2.75, 3.05) is 0 Å². The summed E-state index contributed by atoms with van der Waals surface area (Å²) in [5.74, 6) is 1.16. The molecule has 4 aliphatic carbocycles. The van der Waals surface area contributed by atoms with E-state index in [1.54, 1.807) is 4.57 Å². The lowest BCUT2D eigenvalue weighted by Gasteiger charge is -2.52. The minimum Gasteiger partial charge on any atom is -0.246 e. The quantitative estimate of drug-likeness (QED) is 0.518. The van der Waals surface area contributed by atoms with Crippen molar-refractivity contribution < 1.29 is 0 Å². The molecule has 3 heterocycles. The number of hydrogen-bond donors (Lipinski definition) is 0. The van der Waals surface area contributed by atoms with Gasteiger partial charge in [0.1, 0.15) is 0 Å². The third-order valence-corrected chi connectivity index (χ3v) is 11.0. The van der Waals surface area contributed by atoms with E-state index in [0.29, 0.717) is 11.8 Å². The molecule has 5 heteroatoms. The summed E-state index contributed by atoms with van der Waals surface area (Å²) in [4.78, 5) is 28.2. The summed E-state index contributed by atoms with van der Waals surface area (Å²) in [5, 5.41) is 2.42. The van der Waals surface area contributed by atoms with E-state index in [1.807, 2.05) is 9.36 Å². The van der Waals surface area contributed by atoms with Gasteiger partial charge in [-0.3, -0.25) is 0 Å². The molecule has 1 aromatic heterocycles. The normalized spacial score (nSPS) is 38.3. The molecule has 7 atom stereocenters. The fraction of sp³-hybridized carbons (Fsp3) is 0.500. The predicted molar refractivity (Wildman–Crippen MR) is 128 cm³/mol. The van der Waals surface area contributed by atoms with Crippen molar-refractivity contribution in [2.45, 2.75) is 58.2 Å². The highest BCUT2D eigenvalue weighted by Gasteiger charge is 2.63. The maximum absolute atomic E-state index is 14.1. The first kappa shape index (κ1) is 18.6. The van der Waals surface area contributed by atoms with Gasteiger partial charge in [0.05, 0.1) is 12.1 Å². The van der Waals surface area contributed by atoms with Crippen LogP contribution < -0.4 is 11.4 Å². The van der Waals surface area contributed by atoms with E-state index in [2.05, 4.69) is 69.3 Å². The lowest BCUT2D eigenvalue weighted by atomic mass is 9.62. The van der Waals surface area contributed by atoms with Gasteiger partial charge in [-0.15, -0.1) is 0 Å². The van der Waals surface area contributed by atoms with Crippen LogP contribution in [0.15, 0.2) is 58.1 Å². The number of nitrogens with zero attached hydrogens (tertiary/aromatic N) is 3. The average Bonchev–Trinajstić information content (AvgIpc) is 3.25. The van der Waals surface area contributed by atoms with Gasteiger partial charge in [-0.2, -0.15) is 0 Å². The molecule has 2 aliphatic heterocycles. The molecular weight excluding hydrogens is 410 g/mol. The van der Waals surface area contributed by atoms with Crippen LogP contribution in [0, 0.1) is 28.6 Å². The van der Waals surface area contributed by atoms with Crippen molar-refractivity contribution in [3.8, 4) is 0 Å². The summed E-state index contributed by atoms with van der Waals surface area (Å²) >= 11 is 0. The number of fused-ring (bicyclic) bond motifs is 3. The zero-order valence-corrected chi connectivity index (χ0v) is 19.4. The van der Waals surface area contributed by atoms with Crippen LogP contribution in [-0.4, -0.2) is 13.9 Å². The molecule has 6 aliphatic rings. The van der Waals surface area contributed by atoms with Gasteiger partial charge in [0, 0.05) is 17.9 Å². The van der Waals surface area contributed by atoms with Crippen LogP contribution >= 0.6 is 0 Å². The van der Waals surface area contributed by atoms with Crippen molar-refractivity contribution in [3.05, 3.63) is 80.6 Å². The highest BCUT2D eigenvalue weighted by molar-refractivity contribution is 5.88. The monoisotopic (exact) mass is 439 g/mol. The summed E-state index contributed by atoms with van der Waals surface area (Å²) in [6.45, 7) is 7.01. The lowest BCUT2D eigenvalue weighted by Crippen LogP contribution is -2.53. The molecular formula is C28H29N3O2. The molecule has 0 radical (unpaired) electrons. The molecule has 0 unspecified atom stereocenters. The van der Waals surface area contributed by atoms with Crippen LogP contribution in [0.1, 0.15) is 69.3 Å². The van der Waals surface area contributed by atoms with Gasteiger partial charge < -0.3 is 0 Å². The third-order valence-electron chi connectivity index (χ3n) is 11.0. The molecule has 5 nitrogen and oxygen atoms in total. The van der Waals surface area contributed by atoms with E-state index in [4.69, 9.17) is 0 Å². The second-order valence-electron chi connectivity index (χ2n) is 12.0. The summed E-state index contributed by atoms with van der Waals surface area (Å²) < 4.78 is 5.38. The van der Waals surface area contributed by atoms with Gasteiger partial charge in [0.25, 0.3) is 0 Å². The Kier molecular flexibility index (Phi) is 3.07. The largest absolute Gasteiger partial charge is 0.348 e. The maximum atomic E-state index is 14.1. The summed E-state index contributed by atoms with van der Waals surface area (Å²) in [6.07, 6.45) is 7.75. The third kappa shape index (κ3) is 1.81. The van der Waals surface area contributed by atoms with Gasteiger partial charge in [0.2, 0.25) is 0 Å². The zero-order chi connectivity index (χ0) is 22.4. The highest BCUT2D eigenvalue weighted by Crippen LogP contribution is 2.69. The topological polar surface area (TPSA) is 48.9 Å². The Hall–Kier alpha value is -2.82. The van der Waals surface area contributed by atoms with Gasteiger partial charge >= 0.3 is 11.4 Å². The lowest BCUT2D eigenvalue weighted by molar-refractivity contribution is 0.103. The zero-order valence-electron chi connectivity index (χ0n) is 19.4. The van der Waals surface area contributed by atoms with Crippen molar-refractivity contribution in [1.29, 1.82) is 0 Å². The Bertz CT molecular complexity index is 1530. The fourth-order valence-corrected chi connectivity index (χ4v) is 8.69. The number of hydrogen-bond acceptors (Lipinski definition) is 2. The standard InChI is InChI=1S/C28H29N3O2/c1-27(2)16-12-13-28(27,3)21(14-16)29-25(32)30-23-18-10-11-19(18)24(31(30)26(29)33)22-17-7-5-4-6-15(17)8-9-20(22)23/h4-11,16,18-19,21,23-24H,12-14H2,1-3H3/t16-,18-,19+,21+,23+,24+,28-/m0/s1. The smallest absolute Gasteiger partial charge is 0.246 e. The van der Waals surface area contributed by atoms with Crippen molar-refractivity contribution in [1.82, 2.24) is 13.9 Å². The van der Waals surface area contributed by atoms with Crippen molar-refractivity contribution in [3.63, 3.8) is 0 Å². The maximum Gasteiger partial charge on any atom is 0.348 e. The Labute approximate surface area is 192 Å². The predicted octanol–water partition coefficient (Wildman–Crippen LogP) is 4.66. The Morgan fingerprint density at radius 2 is 1.58 bits per heavy atom. The molecule has 0 N–H and O–H groups in total. The number of rotatable bonds is 1. The molecule has 33 heavy (non-hydrogen) atoms. The second-order valence-corrected chi connectivity index (χ2v) is 12.0. The van der Waals surface area contributed by atoms with E-state index in [-0.39, 0.29) is 46.3 Å². The van der Waals surface area contributed by atoms with Crippen molar-refractivity contribution in [2.24, 2.45) is 28.6 Å². The summed E-state index contributed by atoms with van der Waals surface area (Å²) in [7, 11) is 0. The van der Waals surface area contributed by atoms with Crippen LogP contribution in [0.4, 0.5) is 0 Å². The van der Waals surface area contributed by atoms with E-state index in [9.17, 15) is 9.59 Å². The minimum absolute atomic E-state index is 0.0123. The molecule has 0 saturated heterocycles. The van der Waals surface area contributed by atoms with Gasteiger partial charge in [-0.05, 0) is 57.9 Å². The van der Waals surface area contributed by atoms with Crippen LogP contribution in [-0.2, 0) is 0 Å². The summed E-state index contributed by atoms with van der Waals surface area (Å²) in [5.41, 5.74) is 2.42. The van der Waals surface area contributed by atoms with Crippen LogP contribution in [0.5, 0.6) is 0 Å². The summed E-state index contributed by atoms with van der Waals surface area (Å²) in [6, 6.07) is 12.6. The van der Waals surface area contributed by atoms with Gasteiger partial charge in [-0.25, -0.2) is 23.5 Å². The fourth-order valence-electron chi connectivity index (χ4n) is 8.69. The molecule has 9 rings (SSSR count). The molecule has 2 saturated carbocycles. The van der Waals surface area contributed by atoms with E-state index in [0.717, 1.165) is 12.8 Å². The highest BCUT2D eigenvalue weighted by atomic mass is 16.2. The van der Waals surface area contributed by atoms with Crippen LogP contribution in [0.2, 0.25) is 0 Å². The number of allylic oxidation sites excluding steroid dienone is 2. The SMILES string of the molecule is CC1(C)[C@H]2CC[C@@]1(C)[C@H](n1c(=O)n3n(c1=O)[C@H]1c4ccc5ccccc5c4[C@H]3[C@@H]3C=C[C@@H]31)C2. The van der Waals surface area contributed by atoms with Gasteiger partial charge in [0.15, 0.2) is 0 Å². The Morgan fingerprint density at radius 1 is 0.879 bits per heavy atom. The molecule has 168 valence electrons. The van der Waals surface area contributed by atoms with Gasteiger partial charge in [-0.1, -0.05) is 69.3 Å². The Morgan fingerprint density at radius 3 is 2.24 bits per heavy atom. The number of aromatic nitrogens is 3. The molecule has 2 fully saturated rings. The van der Waals surface area contributed by atoms with Crippen LogP contribution in [0.25, 0.3) is 10.8 Å². The van der Waals surface area contributed by atoms with E-state index < -0.39 is 0 Å². The molecule has 0 spiro atoms. The Balaban J connectivity index is 1.41. The first-order valence-corrected chi connectivity index (χ1v) is 12.5. The van der Waals surface area contributed by atoms with E-state index >= 15 is 0 Å². The average molecular weight is 440 g/mol. The van der Waals surface area contributed by atoms with E-state index in [1.165, 1.54) is 28.3 Å². The molecule has 3 aromatic rings. The first-order valence-electron chi connectivity index (χ1n) is 12.5. The number of benzene rings is 2.